The van der Waals surface area contributed by atoms with Gasteiger partial charge in [0.2, 0.25) is 0 Å². The first-order valence-electron chi connectivity index (χ1n) is 4.54. The Balaban J connectivity index is 2.90. The van der Waals surface area contributed by atoms with Gasteiger partial charge in [-0.15, -0.1) is 0 Å². The zero-order valence-electron chi connectivity index (χ0n) is 8.30. The normalized spacial score (nSPS) is 14.4. The van der Waals surface area contributed by atoms with Crippen molar-refractivity contribution in [1.29, 1.82) is 0 Å². The summed E-state index contributed by atoms with van der Waals surface area (Å²) in [5.41, 5.74) is 6.23. The van der Waals surface area contributed by atoms with Crippen molar-refractivity contribution in [3.8, 4) is 0 Å². The lowest BCUT2D eigenvalue weighted by atomic mass is 10.0. The van der Waals surface area contributed by atoms with Crippen LogP contribution in [-0.2, 0) is 4.79 Å². The van der Waals surface area contributed by atoms with Gasteiger partial charge in [-0.1, -0.05) is 15.9 Å². The van der Waals surface area contributed by atoms with Crippen LogP contribution in [0.25, 0.3) is 0 Å². The number of benzene rings is 1. The number of nitrogens with two attached hydrogens (primary N) is 1. The van der Waals surface area contributed by atoms with Gasteiger partial charge in [-0.3, -0.25) is 4.79 Å². The highest BCUT2D eigenvalue weighted by molar-refractivity contribution is 9.10. The number of hydrogen-bond acceptors (Lipinski definition) is 4. The van der Waals surface area contributed by atoms with Crippen molar-refractivity contribution in [2.75, 3.05) is 5.73 Å². The van der Waals surface area contributed by atoms with Crippen LogP contribution in [0, 0.1) is 0 Å². The van der Waals surface area contributed by atoms with Crippen molar-refractivity contribution in [1.82, 2.24) is 0 Å². The van der Waals surface area contributed by atoms with Crippen LogP contribution in [0.1, 0.15) is 18.1 Å². The number of hydrogen-bond donors (Lipinski definition) is 4. The van der Waals surface area contributed by atoms with Crippen LogP contribution >= 0.6 is 15.9 Å². The highest BCUT2D eigenvalue weighted by Gasteiger charge is 2.22. The van der Waals surface area contributed by atoms with E-state index < -0.39 is 24.6 Å². The van der Waals surface area contributed by atoms with Crippen LogP contribution in [0.15, 0.2) is 22.7 Å². The Kier molecular flexibility index (Phi) is 4.28. The molecule has 0 radical (unpaired) electrons. The van der Waals surface area contributed by atoms with Gasteiger partial charge in [-0.05, 0) is 18.2 Å². The average Bonchev–Trinajstić information content (AvgIpc) is 2.19. The Morgan fingerprint density at radius 2 is 2.06 bits per heavy atom. The highest BCUT2D eigenvalue weighted by atomic mass is 79.9. The molecule has 16 heavy (non-hydrogen) atoms. The third-order valence-corrected chi connectivity index (χ3v) is 2.61. The molecule has 1 aromatic carbocycles. The lowest BCUT2D eigenvalue weighted by Crippen LogP contribution is -2.22. The summed E-state index contributed by atoms with van der Waals surface area (Å²) < 4.78 is 0.693. The quantitative estimate of drug-likeness (QED) is 0.617. The minimum Gasteiger partial charge on any atom is -0.481 e. The third kappa shape index (κ3) is 3.19. The molecule has 6 heteroatoms. The summed E-state index contributed by atoms with van der Waals surface area (Å²) in [5, 5.41) is 27.7. The SMILES string of the molecule is Nc1ccc(Br)cc1C(O)C(O)CC(=O)O. The van der Waals surface area contributed by atoms with E-state index in [-0.39, 0.29) is 0 Å². The van der Waals surface area contributed by atoms with E-state index in [9.17, 15) is 15.0 Å². The van der Waals surface area contributed by atoms with Gasteiger partial charge < -0.3 is 21.1 Å². The fourth-order valence-corrected chi connectivity index (χ4v) is 1.68. The van der Waals surface area contributed by atoms with Crippen molar-refractivity contribution in [2.24, 2.45) is 0 Å². The minimum absolute atomic E-state index is 0.306. The summed E-state index contributed by atoms with van der Waals surface area (Å²) in [6, 6.07) is 4.80. The summed E-state index contributed by atoms with van der Waals surface area (Å²) in [6.07, 6.45) is -3.23. The molecule has 2 atom stereocenters. The van der Waals surface area contributed by atoms with Crippen molar-refractivity contribution < 1.29 is 20.1 Å². The minimum atomic E-state index is -1.38. The first kappa shape index (κ1) is 13.0. The second kappa shape index (κ2) is 5.29. The first-order chi connectivity index (χ1) is 7.41. The molecule has 0 fully saturated rings. The van der Waals surface area contributed by atoms with Crippen molar-refractivity contribution in [3.05, 3.63) is 28.2 Å². The Morgan fingerprint density at radius 1 is 1.44 bits per heavy atom. The van der Waals surface area contributed by atoms with Crippen LogP contribution < -0.4 is 5.73 Å². The van der Waals surface area contributed by atoms with E-state index in [1.165, 1.54) is 0 Å². The summed E-state index contributed by atoms with van der Waals surface area (Å²) in [5.74, 6) is -1.18. The van der Waals surface area contributed by atoms with Gasteiger partial charge in [-0.2, -0.15) is 0 Å². The Labute approximate surface area is 101 Å². The number of aliphatic hydroxyl groups is 2. The molecule has 1 rings (SSSR count). The molecule has 1 aromatic rings. The topological polar surface area (TPSA) is 104 Å². The zero-order chi connectivity index (χ0) is 12.3. The van der Waals surface area contributed by atoms with Crippen LogP contribution in [0.3, 0.4) is 0 Å². The number of carbonyl (C=O) groups is 1. The molecule has 0 amide bonds. The van der Waals surface area contributed by atoms with Gasteiger partial charge >= 0.3 is 5.97 Å². The first-order valence-corrected chi connectivity index (χ1v) is 5.34. The molecule has 5 nitrogen and oxygen atoms in total. The van der Waals surface area contributed by atoms with E-state index in [4.69, 9.17) is 10.8 Å². The molecular weight excluding hydrogens is 278 g/mol. The second-order valence-corrected chi connectivity index (χ2v) is 4.30. The molecule has 88 valence electrons. The predicted molar refractivity (Wildman–Crippen MR) is 61.8 cm³/mol. The zero-order valence-corrected chi connectivity index (χ0v) is 9.89. The van der Waals surface area contributed by atoms with Gasteiger partial charge in [0.05, 0.1) is 12.5 Å². The largest absolute Gasteiger partial charge is 0.481 e. The van der Waals surface area contributed by atoms with E-state index in [0.29, 0.717) is 15.7 Å². The maximum atomic E-state index is 10.4. The molecule has 0 saturated carbocycles. The molecule has 0 spiro atoms. The number of nitrogen functional groups attached to an aromatic ring is 1. The highest BCUT2D eigenvalue weighted by Crippen LogP contribution is 2.27. The number of carboxylic acid groups (broad SMARTS) is 1. The van der Waals surface area contributed by atoms with Crippen LogP contribution in [0.5, 0.6) is 0 Å². The van der Waals surface area contributed by atoms with Crippen LogP contribution in [-0.4, -0.2) is 27.4 Å². The summed E-state index contributed by atoms with van der Waals surface area (Å²) in [4.78, 5) is 10.4. The fourth-order valence-electron chi connectivity index (χ4n) is 1.30. The van der Waals surface area contributed by atoms with Gasteiger partial charge in [-0.25, -0.2) is 0 Å². The standard InChI is InChI=1S/C10H12BrNO4/c11-5-1-2-7(12)6(3-5)10(16)8(13)4-9(14)15/h1-3,8,10,13,16H,4,12H2,(H,14,15). The summed E-state index contributed by atoms with van der Waals surface area (Å²) >= 11 is 3.20. The average molecular weight is 290 g/mol. The van der Waals surface area contributed by atoms with E-state index in [2.05, 4.69) is 15.9 Å². The molecule has 0 aromatic heterocycles. The number of aliphatic carboxylic acids is 1. The maximum absolute atomic E-state index is 10.4. The number of rotatable bonds is 4. The molecule has 0 aliphatic heterocycles. The second-order valence-electron chi connectivity index (χ2n) is 3.38. The summed E-state index contributed by atoms with van der Waals surface area (Å²) in [6.45, 7) is 0. The fraction of sp³-hybridized carbons (Fsp3) is 0.300. The van der Waals surface area contributed by atoms with Gasteiger partial charge in [0, 0.05) is 15.7 Å². The van der Waals surface area contributed by atoms with Crippen molar-refractivity contribution >= 4 is 27.6 Å². The van der Waals surface area contributed by atoms with Crippen LogP contribution in [0.4, 0.5) is 5.69 Å². The monoisotopic (exact) mass is 289 g/mol. The van der Waals surface area contributed by atoms with Gasteiger partial charge in [0.15, 0.2) is 0 Å². The molecule has 5 N–H and O–H groups in total. The predicted octanol–water partition coefficient (Wildman–Crippen LogP) is 0.900. The molecule has 0 aliphatic rings. The Bertz CT molecular complexity index is 396. The van der Waals surface area contributed by atoms with Gasteiger partial charge in [0.1, 0.15) is 6.10 Å². The van der Waals surface area contributed by atoms with Crippen LogP contribution in [0.2, 0.25) is 0 Å². The van der Waals surface area contributed by atoms with E-state index in [0.717, 1.165) is 0 Å². The smallest absolute Gasteiger partial charge is 0.306 e. The van der Waals surface area contributed by atoms with E-state index >= 15 is 0 Å². The molecule has 2 unspecified atom stereocenters. The molecular formula is C10H12BrNO4. The number of carboxylic acids is 1. The molecule has 0 heterocycles. The maximum Gasteiger partial charge on any atom is 0.306 e. The van der Waals surface area contributed by atoms with Crippen molar-refractivity contribution in [3.63, 3.8) is 0 Å². The number of anilines is 1. The summed E-state index contributed by atoms with van der Waals surface area (Å²) in [7, 11) is 0. The lowest BCUT2D eigenvalue weighted by Gasteiger charge is -2.18. The third-order valence-electron chi connectivity index (χ3n) is 2.12. The lowest BCUT2D eigenvalue weighted by molar-refractivity contribution is -0.141. The number of halogens is 1. The Morgan fingerprint density at radius 3 is 2.62 bits per heavy atom. The molecule has 0 bridgehead atoms. The number of aliphatic hydroxyl groups excluding tert-OH is 2. The van der Waals surface area contributed by atoms with E-state index in [1.807, 2.05) is 0 Å². The Hall–Kier alpha value is -1.11. The van der Waals surface area contributed by atoms with Gasteiger partial charge in [0.25, 0.3) is 0 Å². The van der Waals surface area contributed by atoms with E-state index in [1.54, 1.807) is 18.2 Å². The molecule has 0 saturated heterocycles. The van der Waals surface area contributed by atoms with Crippen molar-refractivity contribution in [2.45, 2.75) is 18.6 Å². The molecule has 0 aliphatic carbocycles.